The van der Waals surface area contributed by atoms with Crippen LogP contribution in [-0.4, -0.2) is 5.91 Å². The number of nitrogens with one attached hydrogen (secondary N) is 1. The van der Waals surface area contributed by atoms with E-state index in [1.165, 1.54) is 5.39 Å². The van der Waals surface area contributed by atoms with Crippen LogP contribution < -0.4 is 10.1 Å². The average Bonchev–Trinajstić information content (AvgIpc) is 2.62. The van der Waals surface area contributed by atoms with E-state index in [0.717, 1.165) is 16.3 Å². The van der Waals surface area contributed by atoms with Crippen LogP contribution in [0.25, 0.3) is 21.7 Å². The van der Waals surface area contributed by atoms with E-state index in [-0.39, 0.29) is 5.91 Å². The molecule has 4 rings (SSSR count). The molecular formula is C20H15N2O+. The van der Waals surface area contributed by atoms with Crippen LogP contribution in [0.5, 0.6) is 0 Å². The van der Waals surface area contributed by atoms with Crippen LogP contribution in [0, 0.1) is 0 Å². The number of hydrogen-bond donors (Lipinski definition) is 1. The van der Waals surface area contributed by atoms with E-state index < -0.39 is 0 Å². The summed E-state index contributed by atoms with van der Waals surface area (Å²) in [6.07, 6.45) is 1.96. The molecule has 23 heavy (non-hydrogen) atoms. The lowest BCUT2D eigenvalue weighted by molar-refractivity contribution is -0.612. The first kappa shape index (κ1) is 13.5. The number of para-hydroxylation sites is 1. The minimum Gasteiger partial charge on any atom is -0.264 e. The van der Waals surface area contributed by atoms with Gasteiger partial charge >= 0.3 is 5.91 Å². The number of fused-ring (bicyclic) bond motifs is 3. The van der Waals surface area contributed by atoms with Crippen LogP contribution in [0.3, 0.4) is 0 Å². The molecule has 0 saturated heterocycles. The third-order valence-corrected chi connectivity index (χ3v) is 3.94. The summed E-state index contributed by atoms with van der Waals surface area (Å²) in [4.78, 5) is 12.5. The van der Waals surface area contributed by atoms with E-state index >= 15 is 0 Å². The Hall–Kier alpha value is -3.20. The zero-order chi connectivity index (χ0) is 15.6. The molecule has 3 aromatic carbocycles. The summed E-state index contributed by atoms with van der Waals surface area (Å²) in [5.74, 6) is -0.129. The number of carbonyl (C=O) groups is 1. The van der Waals surface area contributed by atoms with Gasteiger partial charge in [0.1, 0.15) is 0 Å². The molecule has 0 bridgehead atoms. The van der Waals surface area contributed by atoms with Crippen molar-refractivity contribution in [2.24, 2.45) is 0 Å². The van der Waals surface area contributed by atoms with Gasteiger partial charge in [-0.3, -0.25) is 4.79 Å². The van der Waals surface area contributed by atoms with Gasteiger partial charge in [0.25, 0.3) is 0 Å². The van der Waals surface area contributed by atoms with Crippen molar-refractivity contribution < 1.29 is 9.47 Å². The predicted octanol–water partition coefficient (Wildman–Crippen LogP) is 3.66. The standard InChI is InChI=1S/C20H14N2O/c23-20(15-8-2-1-3-9-15)21-22-14-16-10-4-5-11-17(16)18-12-6-7-13-19(18)22/h1-14H/p+1. The first-order valence-electron chi connectivity index (χ1n) is 7.51. The Labute approximate surface area is 133 Å². The Bertz CT molecular complexity index is 1010. The summed E-state index contributed by atoms with van der Waals surface area (Å²) < 4.78 is 1.80. The van der Waals surface area contributed by atoms with E-state index in [1.54, 1.807) is 16.8 Å². The number of benzene rings is 3. The second-order valence-electron chi connectivity index (χ2n) is 5.41. The van der Waals surface area contributed by atoms with Crippen LogP contribution >= 0.6 is 0 Å². The number of rotatable bonds is 2. The molecule has 0 radical (unpaired) electrons. The number of amides is 1. The quantitative estimate of drug-likeness (QED) is 0.445. The van der Waals surface area contributed by atoms with Gasteiger partial charge in [0.15, 0.2) is 0 Å². The molecule has 3 heteroatoms. The van der Waals surface area contributed by atoms with Gasteiger partial charge in [0.05, 0.1) is 5.39 Å². The molecule has 3 nitrogen and oxygen atoms in total. The van der Waals surface area contributed by atoms with Crippen LogP contribution in [0.2, 0.25) is 0 Å². The van der Waals surface area contributed by atoms with Crippen LogP contribution in [-0.2, 0) is 0 Å². The molecule has 0 atom stereocenters. The number of aromatic nitrogens is 1. The third kappa shape index (κ3) is 2.42. The van der Waals surface area contributed by atoms with Crippen LogP contribution in [0.1, 0.15) is 10.4 Å². The third-order valence-electron chi connectivity index (χ3n) is 3.94. The van der Waals surface area contributed by atoms with E-state index in [4.69, 9.17) is 0 Å². The van der Waals surface area contributed by atoms with Gasteiger partial charge in [-0.05, 0) is 24.3 Å². The van der Waals surface area contributed by atoms with E-state index in [2.05, 4.69) is 17.6 Å². The molecule has 0 aliphatic rings. The second-order valence-corrected chi connectivity index (χ2v) is 5.41. The molecule has 1 amide bonds. The van der Waals surface area contributed by atoms with Gasteiger partial charge in [0.2, 0.25) is 11.7 Å². The van der Waals surface area contributed by atoms with Gasteiger partial charge in [-0.1, -0.05) is 53.2 Å². The minimum atomic E-state index is -0.129. The first-order chi connectivity index (χ1) is 11.3. The average molecular weight is 299 g/mol. The molecular weight excluding hydrogens is 284 g/mol. The Balaban J connectivity index is 1.87. The van der Waals surface area contributed by atoms with Gasteiger partial charge in [-0.25, -0.2) is 0 Å². The topological polar surface area (TPSA) is 33.0 Å². The lowest BCUT2D eigenvalue weighted by atomic mass is 10.1. The van der Waals surface area contributed by atoms with Gasteiger partial charge in [0, 0.05) is 22.4 Å². The molecule has 1 N–H and O–H groups in total. The molecule has 4 aromatic rings. The van der Waals surface area contributed by atoms with Crippen molar-refractivity contribution in [1.82, 2.24) is 0 Å². The zero-order valence-electron chi connectivity index (χ0n) is 12.4. The van der Waals surface area contributed by atoms with Crippen molar-refractivity contribution in [2.75, 3.05) is 5.43 Å². The van der Waals surface area contributed by atoms with Crippen molar-refractivity contribution in [3.63, 3.8) is 0 Å². The lowest BCUT2D eigenvalue weighted by Gasteiger charge is -2.05. The fraction of sp³-hybridized carbons (Fsp3) is 0. The second kappa shape index (κ2) is 5.54. The van der Waals surface area contributed by atoms with Crippen molar-refractivity contribution in [3.8, 4) is 0 Å². The molecule has 110 valence electrons. The Morgan fingerprint density at radius 3 is 2.22 bits per heavy atom. The summed E-state index contributed by atoms with van der Waals surface area (Å²) >= 11 is 0. The van der Waals surface area contributed by atoms with Gasteiger partial charge < -0.3 is 0 Å². The van der Waals surface area contributed by atoms with Crippen molar-refractivity contribution in [1.29, 1.82) is 0 Å². The van der Waals surface area contributed by atoms with E-state index in [0.29, 0.717) is 5.56 Å². The normalized spacial score (nSPS) is 10.8. The monoisotopic (exact) mass is 299 g/mol. The summed E-state index contributed by atoms with van der Waals surface area (Å²) in [7, 11) is 0. The van der Waals surface area contributed by atoms with E-state index in [9.17, 15) is 4.79 Å². The summed E-state index contributed by atoms with van der Waals surface area (Å²) in [6.45, 7) is 0. The Morgan fingerprint density at radius 2 is 1.39 bits per heavy atom. The highest BCUT2D eigenvalue weighted by atomic mass is 16.2. The maximum Gasteiger partial charge on any atom is 0.305 e. The van der Waals surface area contributed by atoms with Crippen molar-refractivity contribution >= 4 is 27.6 Å². The fourth-order valence-electron chi connectivity index (χ4n) is 2.83. The molecule has 0 aliphatic heterocycles. The molecule has 1 heterocycles. The minimum absolute atomic E-state index is 0.129. The maximum atomic E-state index is 12.5. The highest BCUT2D eigenvalue weighted by Crippen LogP contribution is 2.21. The highest BCUT2D eigenvalue weighted by Gasteiger charge is 2.16. The molecule has 0 fully saturated rings. The van der Waals surface area contributed by atoms with Crippen LogP contribution in [0.4, 0.5) is 0 Å². The maximum absolute atomic E-state index is 12.5. The molecule has 0 unspecified atom stereocenters. The summed E-state index contributed by atoms with van der Waals surface area (Å²) in [6, 6.07) is 25.5. The van der Waals surface area contributed by atoms with Crippen molar-refractivity contribution in [2.45, 2.75) is 0 Å². The largest absolute Gasteiger partial charge is 0.305 e. The number of hydrogen-bond acceptors (Lipinski definition) is 1. The van der Waals surface area contributed by atoms with Crippen molar-refractivity contribution in [3.05, 3.63) is 90.6 Å². The lowest BCUT2D eigenvalue weighted by Crippen LogP contribution is -2.48. The van der Waals surface area contributed by atoms with E-state index in [1.807, 2.05) is 60.8 Å². The molecule has 0 aliphatic carbocycles. The molecule has 0 spiro atoms. The van der Waals surface area contributed by atoms with Gasteiger partial charge in [-0.2, -0.15) is 0 Å². The number of pyridine rings is 1. The Kier molecular flexibility index (Phi) is 3.24. The Morgan fingerprint density at radius 1 is 0.739 bits per heavy atom. The molecule has 0 saturated carbocycles. The number of carbonyl (C=O) groups excluding carboxylic acids is 1. The summed E-state index contributed by atoms with van der Waals surface area (Å²) in [5.41, 5.74) is 4.58. The smallest absolute Gasteiger partial charge is 0.264 e. The number of nitrogens with zero attached hydrogens (tertiary/aromatic N) is 1. The summed E-state index contributed by atoms with van der Waals surface area (Å²) in [5, 5.41) is 3.37. The van der Waals surface area contributed by atoms with Gasteiger partial charge in [-0.15, -0.1) is 5.43 Å². The van der Waals surface area contributed by atoms with Crippen LogP contribution in [0.15, 0.2) is 85.1 Å². The highest BCUT2D eigenvalue weighted by molar-refractivity contribution is 6.04. The fourth-order valence-corrected chi connectivity index (χ4v) is 2.83. The zero-order valence-corrected chi connectivity index (χ0v) is 12.4. The SMILES string of the molecule is O=C(N[n+]1cc2ccccc2c2ccccc21)c1ccccc1. The molecule has 1 aromatic heterocycles. The first-order valence-corrected chi connectivity index (χ1v) is 7.51. The predicted molar refractivity (Wildman–Crippen MR) is 91.8 cm³/mol.